The van der Waals surface area contributed by atoms with E-state index in [2.05, 4.69) is 11.3 Å². The lowest BCUT2D eigenvalue weighted by Gasteiger charge is -2.29. The highest BCUT2D eigenvalue weighted by atomic mass is 16.6. The number of rotatable bonds is 6. The molecular weight excluding hydrogens is 370 g/mol. The van der Waals surface area contributed by atoms with Crippen LogP contribution in [0, 0.1) is 0 Å². The van der Waals surface area contributed by atoms with Crippen molar-refractivity contribution in [3.8, 4) is 0 Å². The maximum absolute atomic E-state index is 12.6. The Bertz CT molecular complexity index is 894. The molecule has 1 heterocycles. The lowest BCUT2D eigenvalue weighted by atomic mass is 9.99. The van der Waals surface area contributed by atoms with Gasteiger partial charge >= 0.3 is 17.9 Å². The standard InChI is InChI=1S/C19H19NO8/c1-5-14(21)27-6-7-28-18(26)13-9-11-10(8-12(13)17(24)25)15(22)20(16(11)23)19(2,3)4/h5,8-9H,1,6-7H2,2-4H3,(H,24,25). The van der Waals surface area contributed by atoms with E-state index in [0.29, 0.717) is 0 Å². The van der Waals surface area contributed by atoms with Crippen LogP contribution >= 0.6 is 0 Å². The monoisotopic (exact) mass is 389 g/mol. The molecule has 2 rings (SSSR count). The average molecular weight is 389 g/mol. The maximum Gasteiger partial charge on any atom is 0.339 e. The molecule has 1 aliphatic heterocycles. The Labute approximate surface area is 160 Å². The summed E-state index contributed by atoms with van der Waals surface area (Å²) < 4.78 is 9.56. The number of esters is 2. The van der Waals surface area contributed by atoms with E-state index in [-0.39, 0.29) is 29.9 Å². The fraction of sp³-hybridized carbons (Fsp3) is 0.316. The molecule has 0 saturated carbocycles. The van der Waals surface area contributed by atoms with E-state index in [1.165, 1.54) is 0 Å². The summed E-state index contributed by atoms with van der Waals surface area (Å²) in [6, 6.07) is 2.04. The number of carbonyl (C=O) groups is 5. The summed E-state index contributed by atoms with van der Waals surface area (Å²) in [6.45, 7) is 7.61. The molecule has 0 atom stereocenters. The third-order valence-electron chi connectivity index (χ3n) is 3.87. The molecule has 1 N–H and O–H groups in total. The smallest absolute Gasteiger partial charge is 0.339 e. The Morgan fingerprint density at radius 1 is 1.04 bits per heavy atom. The van der Waals surface area contributed by atoms with Crippen molar-refractivity contribution >= 4 is 29.7 Å². The second kappa shape index (κ2) is 7.63. The molecule has 1 aromatic carbocycles. The number of aromatic carboxylic acids is 1. The van der Waals surface area contributed by atoms with Crippen molar-refractivity contribution in [3.63, 3.8) is 0 Å². The van der Waals surface area contributed by atoms with Crippen LogP contribution in [0.4, 0.5) is 0 Å². The van der Waals surface area contributed by atoms with Crippen molar-refractivity contribution in [3.05, 3.63) is 47.0 Å². The molecule has 0 radical (unpaired) electrons. The zero-order valence-electron chi connectivity index (χ0n) is 15.6. The molecule has 0 unspecified atom stereocenters. The largest absolute Gasteiger partial charge is 0.478 e. The van der Waals surface area contributed by atoms with Crippen LogP contribution in [0.3, 0.4) is 0 Å². The number of amides is 2. The van der Waals surface area contributed by atoms with Gasteiger partial charge in [0, 0.05) is 11.6 Å². The van der Waals surface area contributed by atoms with E-state index in [4.69, 9.17) is 4.74 Å². The van der Waals surface area contributed by atoms with Crippen LogP contribution in [0.2, 0.25) is 0 Å². The number of benzene rings is 1. The highest BCUT2D eigenvalue weighted by molar-refractivity contribution is 6.23. The topological polar surface area (TPSA) is 127 Å². The van der Waals surface area contributed by atoms with Gasteiger partial charge in [0.1, 0.15) is 13.2 Å². The molecule has 148 valence electrons. The van der Waals surface area contributed by atoms with Crippen molar-refractivity contribution in [2.75, 3.05) is 13.2 Å². The number of carbonyl (C=O) groups excluding carboxylic acids is 4. The average Bonchev–Trinajstić information content (AvgIpc) is 2.87. The number of ether oxygens (including phenoxy) is 2. The molecule has 0 fully saturated rings. The first-order valence-electron chi connectivity index (χ1n) is 8.25. The molecule has 9 nitrogen and oxygen atoms in total. The van der Waals surface area contributed by atoms with Crippen LogP contribution in [-0.2, 0) is 14.3 Å². The third-order valence-corrected chi connectivity index (χ3v) is 3.87. The highest BCUT2D eigenvalue weighted by Crippen LogP contribution is 2.31. The normalized spacial score (nSPS) is 13.2. The minimum atomic E-state index is -1.46. The molecule has 0 aromatic heterocycles. The molecule has 1 aromatic rings. The van der Waals surface area contributed by atoms with Gasteiger partial charge in [-0.15, -0.1) is 0 Å². The van der Waals surface area contributed by atoms with Crippen LogP contribution in [0.5, 0.6) is 0 Å². The first-order chi connectivity index (χ1) is 13.0. The van der Waals surface area contributed by atoms with Gasteiger partial charge in [0.15, 0.2) is 0 Å². The minimum Gasteiger partial charge on any atom is -0.478 e. The van der Waals surface area contributed by atoms with Crippen molar-refractivity contribution in [2.45, 2.75) is 26.3 Å². The third kappa shape index (κ3) is 3.93. The summed E-state index contributed by atoms with van der Waals surface area (Å²) in [5, 5.41) is 9.40. The van der Waals surface area contributed by atoms with Crippen molar-refractivity contribution in [1.29, 1.82) is 0 Å². The first-order valence-corrected chi connectivity index (χ1v) is 8.25. The van der Waals surface area contributed by atoms with Gasteiger partial charge < -0.3 is 14.6 Å². The zero-order valence-corrected chi connectivity index (χ0v) is 15.6. The number of hydrogen-bond donors (Lipinski definition) is 1. The summed E-state index contributed by atoms with van der Waals surface area (Å²) in [5.74, 6) is -4.44. The first kappa shape index (κ1) is 20.8. The Morgan fingerprint density at radius 2 is 1.54 bits per heavy atom. The highest BCUT2D eigenvalue weighted by Gasteiger charge is 2.43. The molecule has 0 spiro atoms. The van der Waals surface area contributed by atoms with Crippen LogP contribution in [-0.4, -0.2) is 58.5 Å². The van der Waals surface area contributed by atoms with E-state index < -0.39 is 40.8 Å². The predicted octanol–water partition coefficient (Wildman–Crippen LogP) is 1.67. The maximum atomic E-state index is 12.6. The van der Waals surface area contributed by atoms with Gasteiger partial charge in [0.2, 0.25) is 0 Å². The Hall–Kier alpha value is -3.49. The van der Waals surface area contributed by atoms with Crippen LogP contribution in [0.1, 0.15) is 62.2 Å². The van der Waals surface area contributed by atoms with Crippen molar-refractivity contribution in [2.24, 2.45) is 0 Å². The fourth-order valence-corrected chi connectivity index (χ4v) is 2.66. The predicted molar refractivity (Wildman–Crippen MR) is 95.1 cm³/mol. The summed E-state index contributed by atoms with van der Waals surface area (Å²) in [7, 11) is 0. The van der Waals surface area contributed by atoms with Crippen molar-refractivity contribution < 1.29 is 38.6 Å². The van der Waals surface area contributed by atoms with Gasteiger partial charge in [0.25, 0.3) is 11.8 Å². The number of carboxylic acid groups (broad SMARTS) is 1. The van der Waals surface area contributed by atoms with Gasteiger partial charge in [-0.2, -0.15) is 0 Å². The van der Waals surface area contributed by atoms with E-state index in [9.17, 15) is 29.1 Å². The molecule has 0 bridgehead atoms. The van der Waals surface area contributed by atoms with E-state index in [1.54, 1.807) is 20.8 Å². The minimum absolute atomic E-state index is 0.0741. The summed E-state index contributed by atoms with van der Waals surface area (Å²) in [6.07, 6.45) is 0.939. The van der Waals surface area contributed by atoms with Crippen LogP contribution in [0.15, 0.2) is 24.8 Å². The molecule has 0 aliphatic carbocycles. The zero-order chi connectivity index (χ0) is 21.2. The summed E-state index contributed by atoms with van der Waals surface area (Å²) >= 11 is 0. The van der Waals surface area contributed by atoms with Gasteiger partial charge in [0.05, 0.1) is 22.3 Å². The van der Waals surface area contributed by atoms with Crippen molar-refractivity contribution in [1.82, 2.24) is 4.90 Å². The van der Waals surface area contributed by atoms with Crippen LogP contribution in [0.25, 0.3) is 0 Å². The second-order valence-corrected chi connectivity index (χ2v) is 6.87. The Kier molecular flexibility index (Phi) is 5.67. The van der Waals surface area contributed by atoms with Crippen LogP contribution < -0.4 is 0 Å². The molecule has 1 aliphatic rings. The summed E-state index contributed by atoms with van der Waals surface area (Å²) in [5.41, 5.74) is -1.84. The van der Waals surface area contributed by atoms with Gasteiger partial charge in [-0.1, -0.05) is 6.58 Å². The quantitative estimate of drug-likeness (QED) is 0.337. The SMILES string of the molecule is C=CC(=O)OCCOC(=O)c1cc2c(cc1C(=O)O)C(=O)N(C(C)(C)C)C2=O. The van der Waals surface area contributed by atoms with E-state index in [1.807, 2.05) is 0 Å². The molecule has 0 saturated heterocycles. The number of imide groups is 1. The van der Waals surface area contributed by atoms with Gasteiger partial charge in [-0.3, -0.25) is 14.5 Å². The van der Waals surface area contributed by atoms with Gasteiger partial charge in [-0.25, -0.2) is 14.4 Å². The van der Waals surface area contributed by atoms with E-state index in [0.717, 1.165) is 23.1 Å². The molecular formula is C19H19NO8. The summed E-state index contributed by atoms with van der Waals surface area (Å²) in [4.78, 5) is 61.0. The Balaban J connectivity index is 2.34. The molecule has 2 amide bonds. The number of nitrogens with zero attached hydrogens (tertiary/aromatic N) is 1. The lowest BCUT2D eigenvalue weighted by molar-refractivity contribution is -0.138. The number of fused-ring (bicyclic) bond motifs is 1. The second-order valence-electron chi connectivity index (χ2n) is 6.87. The van der Waals surface area contributed by atoms with E-state index >= 15 is 0 Å². The van der Waals surface area contributed by atoms with Gasteiger partial charge in [-0.05, 0) is 32.9 Å². The fourth-order valence-electron chi connectivity index (χ4n) is 2.66. The Morgan fingerprint density at radius 3 is 2.00 bits per heavy atom. The lowest BCUT2D eigenvalue weighted by Crippen LogP contribution is -2.45. The molecule has 28 heavy (non-hydrogen) atoms. The molecule has 9 heteroatoms. The number of carboxylic acids is 1. The number of hydrogen-bond acceptors (Lipinski definition) is 7.